The molecule has 0 aliphatic rings. The SMILES string of the molecule is Cc1cc(=O)[nH]c(NCCNC(=O)CCc2cccnc2)n1. The van der Waals surface area contributed by atoms with Gasteiger partial charge in [0.1, 0.15) is 0 Å². The molecule has 2 rings (SSSR count). The number of hydrogen-bond acceptors (Lipinski definition) is 5. The predicted octanol–water partition coefficient (Wildman–Crippen LogP) is 0.634. The number of aryl methyl sites for hydroxylation is 2. The lowest BCUT2D eigenvalue weighted by molar-refractivity contribution is -0.120. The van der Waals surface area contributed by atoms with Gasteiger partial charge in [-0.05, 0) is 25.0 Å². The third-order valence-electron chi connectivity index (χ3n) is 2.97. The Balaban J connectivity index is 1.66. The fraction of sp³-hybridized carbons (Fsp3) is 0.333. The van der Waals surface area contributed by atoms with Crippen LogP contribution in [0.4, 0.5) is 5.95 Å². The Hall–Kier alpha value is -2.70. The molecule has 2 heterocycles. The van der Waals surface area contributed by atoms with E-state index >= 15 is 0 Å². The summed E-state index contributed by atoms with van der Waals surface area (Å²) < 4.78 is 0. The van der Waals surface area contributed by atoms with Gasteiger partial charge in [-0.25, -0.2) is 4.98 Å². The Bertz CT molecular complexity index is 669. The summed E-state index contributed by atoms with van der Waals surface area (Å²) in [5, 5.41) is 5.77. The second-order valence-electron chi connectivity index (χ2n) is 4.87. The van der Waals surface area contributed by atoms with E-state index in [2.05, 4.69) is 25.6 Å². The van der Waals surface area contributed by atoms with Crippen molar-refractivity contribution in [1.82, 2.24) is 20.3 Å². The van der Waals surface area contributed by atoms with Crippen molar-refractivity contribution in [1.29, 1.82) is 0 Å². The van der Waals surface area contributed by atoms with Gasteiger partial charge in [0.05, 0.1) is 0 Å². The maximum Gasteiger partial charge on any atom is 0.252 e. The number of hydrogen-bond donors (Lipinski definition) is 3. The molecule has 0 aliphatic heterocycles. The number of H-pyrrole nitrogens is 1. The highest BCUT2D eigenvalue weighted by molar-refractivity contribution is 5.76. The van der Waals surface area contributed by atoms with E-state index in [4.69, 9.17) is 0 Å². The smallest absolute Gasteiger partial charge is 0.252 e. The first kappa shape index (κ1) is 15.7. The van der Waals surface area contributed by atoms with Crippen molar-refractivity contribution in [2.24, 2.45) is 0 Å². The van der Waals surface area contributed by atoms with Gasteiger partial charge in [-0.3, -0.25) is 19.6 Å². The van der Waals surface area contributed by atoms with Crippen molar-refractivity contribution in [3.05, 3.63) is 52.2 Å². The molecule has 0 spiro atoms. The van der Waals surface area contributed by atoms with E-state index in [-0.39, 0.29) is 11.5 Å². The fourth-order valence-corrected chi connectivity index (χ4v) is 1.94. The van der Waals surface area contributed by atoms with Crippen molar-refractivity contribution in [3.8, 4) is 0 Å². The molecule has 22 heavy (non-hydrogen) atoms. The Kier molecular flexibility index (Phi) is 5.65. The zero-order valence-electron chi connectivity index (χ0n) is 12.4. The van der Waals surface area contributed by atoms with Gasteiger partial charge in [0, 0.05) is 43.7 Å². The monoisotopic (exact) mass is 301 g/mol. The lowest BCUT2D eigenvalue weighted by atomic mass is 10.1. The number of carbonyl (C=O) groups excluding carboxylic acids is 1. The molecule has 2 aromatic rings. The van der Waals surface area contributed by atoms with E-state index in [0.29, 0.717) is 37.6 Å². The molecule has 0 aromatic carbocycles. The van der Waals surface area contributed by atoms with Crippen LogP contribution in [-0.4, -0.2) is 33.9 Å². The highest BCUT2D eigenvalue weighted by Crippen LogP contribution is 2.00. The summed E-state index contributed by atoms with van der Waals surface area (Å²) in [4.78, 5) is 33.7. The zero-order valence-corrected chi connectivity index (χ0v) is 12.4. The maximum atomic E-state index is 11.7. The molecule has 2 aromatic heterocycles. The second-order valence-corrected chi connectivity index (χ2v) is 4.87. The molecule has 0 radical (unpaired) electrons. The minimum absolute atomic E-state index is 0.0173. The van der Waals surface area contributed by atoms with Crippen molar-refractivity contribution < 1.29 is 4.79 Å². The zero-order chi connectivity index (χ0) is 15.8. The number of rotatable bonds is 7. The molecule has 0 aliphatic carbocycles. The van der Waals surface area contributed by atoms with Crippen molar-refractivity contribution in [3.63, 3.8) is 0 Å². The van der Waals surface area contributed by atoms with Crippen LogP contribution in [-0.2, 0) is 11.2 Å². The fourth-order valence-electron chi connectivity index (χ4n) is 1.94. The minimum atomic E-state index is -0.199. The van der Waals surface area contributed by atoms with Crippen LogP contribution in [0.3, 0.4) is 0 Å². The first-order chi connectivity index (χ1) is 10.6. The van der Waals surface area contributed by atoms with E-state index < -0.39 is 0 Å². The number of anilines is 1. The number of nitrogens with one attached hydrogen (secondary N) is 3. The Morgan fingerprint density at radius 3 is 2.95 bits per heavy atom. The molecule has 0 atom stereocenters. The van der Waals surface area contributed by atoms with Gasteiger partial charge >= 0.3 is 0 Å². The van der Waals surface area contributed by atoms with E-state index in [1.807, 2.05) is 12.1 Å². The van der Waals surface area contributed by atoms with Gasteiger partial charge in [-0.15, -0.1) is 0 Å². The van der Waals surface area contributed by atoms with Crippen LogP contribution >= 0.6 is 0 Å². The van der Waals surface area contributed by atoms with Crippen molar-refractivity contribution in [2.75, 3.05) is 18.4 Å². The molecular formula is C15H19N5O2. The van der Waals surface area contributed by atoms with E-state index in [1.165, 1.54) is 6.07 Å². The Morgan fingerprint density at radius 1 is 1.36 bits per heavy atom. The quantitative estimate of drug-likeness (QED) is 0.652. The summed E-state index contributed by atoms with van der Waals surface area (Å²) >= 11 is 0. The number of pyridine rings is 1. The number of nitrogens with zero attached hydrogens (tertiary/aromatic N) is 2. The summed E-state index contributed by atoms with van der Waals surface area (Å²) in [6.45, 7) is 2.70. The van der Waals surface area contributed by atoms with Gasteiger partial charge in [0.25, 0.3) is 5.56 Å². The summed E-state index contributed by atoms with van der Waals surface area (Å²) in [6.07, 6.45) is 4.55. The average molecular weight is 301 g/mol. The van der Waals surface area contributed by atoms with Crippen LogP contribution in [0.25, 0.3) is 0 Å². The molecule has 0 fully saturated rings. The van der Waals surface area contributed by atoms with Crippen LogP contribution in [0, 0.1) is 6.92 Å². The van der Waals surface area contributed by atoms with Gasteiger partial charge < -0.3 is 10.6 Å². The maximum absolute atomic E-state index is 11.7. The van der Waals surface area contributed by atoms with Gasteiger partial charge in [-0.2, -0.15) is 0 Å². The largest absolute Gasteiger partial charge is 0.354 e. The number of aromatic nitrogens is 3. The second kappa shape index (κ2) is 7.92. The summed E-state index contributed by atoms with van der Waals surface area (Å²) in [7, 11) is 0. The molecular weight excluding hydrogens is 282 g/mol. The third-order valence-corrected chi connectivity index (χ3v) is 2.97. The first-order valence-electron chi connectivity index (χ1n) is 7.11. The van der Waals surface area contributed by atoms with Crippen molar-refractivity contribution >= 4 is 11.9 Å². The standard InChI is InChI=1S/C15H19N5O2/c1-11-9-14(22)20-15(19-11)18-8-7-17-13(21)5-4-12-3-2-6-16-10-12/h2-3,6,9-10H,4-5,7-8H2,1H3,(H,17,21)(H2,18,19,20,22). The summed E-state index contributed by atoms with van der Waals surface area (Å²) in [6, 6.07) is 5.22. The molecule has 0 unspecified atom stereocenters. The lowest BCUT2D eigenvalue weighted by Crippen LogP contribution is -2.29. The number of aromatic amines is 1. The first-order valence-corrected chi connectivity index (χ1v) is 7.11. The molecule has 3 N–H and O–H groups in total. The molecule has 7 heteroatoms. The van der Waals surface area contributed by atoms with E-state index in [0.717, 1.165) is 5.56 Å². The normalized spacial score (nSPS) is 10.2. The molecule has 1 amide bonds. The summed E-state index contributed by atoms with van der Waals surface area (Å²) in [5.41, 5.74) is 1.49. The van der Waals surface area contributed by atoms with Gasteiger partial charge in [0.2, 0.25) is 11.9 Å². The van der Waals surface area contributed by atoms with Gasteiger partial charge in [0.15, 0.2) is 0 Å². The lowest BCUT2D eigenvalue weighted by Gasteiger charge is -2.07. The van der Waals surface area contributed by atoms with Crippen LogP contribution in [0.15, 0.2) is 35.4 Å². The van der Waals surface area contributed by atoms with Crippen LogP contribution in [0.5, 0.6) is 0 Å². The van der Waals surface area contributed by atoms with Crippen LogP contribution in [0.2, 0.25) is 0 Å². The highest BCUT2D eigenvalue weighted by Gasteiger charge is 2.02. The summed E-state index contributed by atoms with van der Waals surface area (Å²) in [5.74, 6) is 0.394. The molecule has 116 valence electrons. The Morgan fingerprint density at radius 2 is 2.23 bits per heavy atom. The number of carbonyl (C=O) groups is 1. The highest BCUT2D eigenvalue weighted by atomic mass is 16.1. The molecule has 0 saturated carbocycles. The Labute approximate surface area is 128 Å². The van der Waals surface area contributed by atoms with Gasteiger partial charge in [-0.1, -0.05) is 6.07 Å². The van der Waals surface area contributed by atoms with Crippen molar-refractivity contribution in [2.45, 2.75) is 19.8 Å². The third kappa shape index (κ3) is 5.35. The molecule has 0 bridgehead atoms. The van der Waals surface area contributed by atoms with E-state index in [1.54, 1.807) is 19.3 Å². The van der Waals surface area contributed by atoms with Crippen LogP contribution < -0.4 is 16.2 Å². The molecule has 0 saturated heterocycles. The molecule has 7 nitrogen and oxygen atoms in total. The minimum Gasteiger partial charge on any atom is -0.354 e. The average Bonchev–Trinajstić information content (AvgIpc) is 2.50. The van der Waals surface area contributed by atoms with Crippen LogP contribution in [0.1, 0.15) is 17.7 Å². The number of amides is 1. The van der Waals surface area contributed by atoms with E-state index in [9.17, 15) is 9.59 Å². The topological polar surface area (TPSA) is 99.8 Å². The predicted molar refractivity (Wildman–Crippen MR) is 83.7 cm³/mol.